The SMILES string of the molecule is CCOc1cccc(I)c1Br. The van der Waals surface area contributed by atoms with Gasteiger partial charge in [-0.25, -0.2) is 0 Å². The number of hydrogen-bond donors (Lipinski definition) is 0. The number of rotatable bonds is 2. The molecule has 0 bridgehead atoms. The van der Waals surface area contributed by atoms with E-state index in [0.717, 1.165) is 10.2 Å². The van der Waals surface area contributed by atoms with E-state index < -0.39 is 0 Å². The standard InChI is InChI=1S/C8H8BrIO/c1-2-11-7-5-3-4-6(10)8(7)9/h3-5H,2H2,1H3. The summed E-state index contributed by atoms with van der Waals surface area (Å²) in [6.45, 7) is 2.69. The summed E-state index contributed by atoms with van der Waals surface area (Å²) in [6.07, 6.45) is 0. The van der Waals surface area contributed by atoms with Gasteiger partial charge in [0.2, 0.25) is 0 Å². The van der Waals surface area contributed by atoms with Crippen LogP contribution in [-0.2, 0) is 0 Å². The average Bonchev–Trinajstić information content (AvgIpc) is 1.99. The summed E-state index contributed by atoms with van der Waals surface area (Å²) >= 11 is 5.71. The zero-order valence-electron chi connectivity index (χ0n) is 6.10. The lowest BCUT2D eigenvalue weighted by Gasteiger charge is -2.05. The van der Waals surface area contributed by atoms with Crippen molar-refractivity contribution >= 4 is 38.5 Å². The second kappa shape index (κ2) is 4.30. The maximum Gasteiger partial charge on any atom is 0.134 e. The van der Waals surface area contributed by atoms with Gasteiger partial charge in [0.1, 0.15) is 5.75 Å². The Labute approximate surface area is 88.4 Å². The first-order valence-corrected chi connectivity index (χ1v) is 5.19. The van der Waals surface area contributed by atoms with Crippen molar-refractivity contribution in [2.75, 3.05) is 6.61 Å². The van der Waals surface area contributed by atoms with E-state index >= 15 is 0 Å². The molecule has 0 heterocycles. The zero-order chi connectivity index (χ0) is 8.27. The summed E-state index contributed by atoms with van der Waals surface area (Å²) in [6, 6.07) is 5.97. The highest BCUT2D eigenvalue weighted by Gasteiger charge is 2.01. The molecule has 60 valence electrons. The van der Waals surface area contributed by atoms with Gasteiger partial charge in [-0.2, -0.15) is 0 Å². The number of benzene rings is 1. The Morgan fingerprint density at radius 1 is 1.55 bits per heavy atom. The summed E-state index contributed by atoms with van der Waals surface area (Å²) in [7, 11) is 0. The first-order valence-electron chi connectivity index (χ1n) is 3.32. The first-order chi connectivity index (χ1) is 5.25. The summed E-state index contributed by atoms with van der Waals surface area (Å²) < 4.78 is 7.58. The van der Waals surface area contributed by atoms with Crippen molar-refractivity contribution in [2.24, 2.45) is 0 Å². The number of hydrogen-bond acceptors (Lipinski definition) is 1. The molecule has 0 saturated heterocycles. The van der Waals surface area contributed by atoms with E-state index in [1.165, 1.54) is 3.57 Å². The lowest BCUT2D eigenvalue weighted by molar-refractivity contribution is 0.338. The van der Waals surface area contributed by atoms with Crippen LogP contribution in [0.2, 0.25) is 0 Å². The summed E-state index contributed by atoms with van der Waals surface area (Å²) in [4.78, 5) is 0. The second-order valence-electron chi connectivity index (χ2n) is 1.98. The quantitative estimate of drug-likeness (QED) is 0.756. The van der Waals surface area contributed by atoms with Crippen LogP contribution in [0.15, 0.2) is 22.7 Å². The van der Waals surface area contributed by atoms with E-state index in [0.29, 0.717) is 6.61 Å². The Balaban J connectivity index is 2.96. The van der Waals surface area contributed by atoms with Crippen molar-refractivity contribution in [3.05, 3.63) is 26.2 Å². The molecule has 0 atom stereocenters. The Hall–Kier alpha value is 0.230. The molecule has 0 aliphatic carbocycles. The highest BCUT2D eigenvalue weighted by Crippen LogP contribution is 2.29. The molecule has 1 aromatic carbocycles. The molecule has 0 N–H and O–H groups in total. The van der Waals surface area contributed by atoms with Crippen molar-refractivity contribution < 1.29 is 4.74 Å². The lowest BCUT2D eigenvalue weighted by Crippen LogP contribution is -1.92. The second-order valence-corrected chi connectivity index (χ2v) is 3.94. The third-order valence-corrected chi connectivity index (χ3v) is 3.67. The summed E-state index contributed by atoms with van der Waals surface area (Å²) in [5.74, 6) is 0.916. The average molecular weight is 327 g/mol. The van der Waals surface area contributed by atoms with E-state index in [4.69, 9.17) is 4.74 Å². The molecule has 0 unspecified atom stereocenters. The normalized spacial score (nSPS) is 9.73. The summed E-state index contributed by atoms with van der Waals surface area (Å²) in [5, 5.41) is 0. The molecule has 1 nitrogen and oxygen atoms in total. The van der Waals surface area contributed by atoms with Gasteiger partial charge < -0.3 is 4.74 Å². The van der Waals surface area contributed by atoms with Gasteiger partial charge in [0.15, 0.2) is 0 Å². The molecule has 1 aromatic rings. The van der Waals surface area contributed by atoms with E-state index in [-0.39, 0.29) is 0 Å². The Bertz CT molecular complexity index is 250. The van der Waals surface area contributed by atoms with Gasteiger partial charge in [-0.15, -0.1) is 0 Å². The maximum atomic E-state index is 5.37. The van der Waals surface area contributed by atoms with Crippen LogP contribution in [0.25, 0.3) is 0 Å². The van der Waals surface area contributed by atoms with Gasteiger partial charge in [0, 0.05) is 3.57 Å². The minimum Gasteiger partial charge on any atom is -0.493 e. The van der Waals surface area contributed by atoms with Crippen molar-refractivity contribution in [1.82, 2.24) is 0 Å². The third kappa shape index (κ3) is 2.33. The fourth-order valence-corrected chi connectivity index (χ4v) is 1.60. The third-order valence-electron chi connectivity index (χ3n) is 1.22. The Morgan fingerprint density at radius 2 is 2.27 bits per heavy atom. The molecule has 0 aromatic heterocycles. The van der Waals surface area contributed by atoms with Crippen LogP contribution in [-0.4, -0.2) is 6.61 Å². The van der Waals surface area contributed by atoms with E-state index in [2.05, 4.69) is 38.5 Å². The van der Waals surface area contributed by atoms with Crippen LogP contribution in [0.3, 0.4) is 0 Å². The largest absolute Gasteiger partial charge is 0.493 e. The molecule has 11 heavy (non-hydrogen) atoms. The molecule has 0 aliphatic heterocycles. The van der Waals surface area contributed by atoms with Gasteiger partial charge in [-0.1, -0.05) is 6.07 Å². The zero-order valence-corrected chi connectivity index (χ0v) is 9.85. The van der Waals surface area contributed by atoms with Crippen LogP contribution in [0.5, 0.6) is 5.75 Å². The van der Waals surface area contributed by atoms with Crippen LogP contribution < -0.4 is 4.74 Å². The molecular formula is C8H8BrIO. The molecule has 1 rings (SSSR count). The monoisotopic (exact) mass is 326 g/mol. The van der Waals surface area contributed by atoms with Crippen molar-refractivity contribution in [1.29, 1.82) is 0 Å². The van der Waals surface area contributed by atoms with Crippen molar-refractivity contribution in [2.45, 2.75) is 6.92 Å². The van der Waals surface area contributed by atoms with Gasteiger partial charge >= 0.3 is 0 Å². The van der Waals surface area contributed by atoms with Gasteiger partial charge in [-0.05, 0) is 57.6 Å². The first kappa shape index (κ1) is 9.32. The maximum absolute atomic E-state index is 5.37. The number of ether oxygens (including phenoxy) is 1. The molecule has 0 radical (unpaired) electrons. The van der Waals surface area contributed by atoms with Gasteiger partial charge in [0.25, 0.3) is 0 Å². The molecule has 0 aliphatic rings. The fraction of sp³-hybridized carbons (Fsp3) is 0.250. The van der Waals surface area contributed by atoms with E-state index in [9.17, 15) is 0 Å². The number of halogens is 2. The molecule has 3 heteroatoms. The van der Waals surface area contributed by atoms with Crippen LogP contribution in [0, 0.1) is 3.57 Å². The topological polar surface area (TPSA) is 9.23 Å². The van der Waals surface area contributed by atoms with E-state index in [1.54, 1.807) is 0 Å². The lowest BCUT2D eigenvalue weighted by atomic mass is 10.3. The highest BCUT2D eigenvalue weighted by molar-refractivity contribution is 14.1. The molecule has 0 saturated carbocycles. The fourth-order valence-electron chi connectivity index (χ4n) is 0.751. The predicted molar refractivity (Wildman–Crippen MR) is 58.0 cm³/mol. The molecule has 0 fully saturated rings. The smallest absolute Gasteiger partial charge is 0.134 e. The van der Waals surface area contributed by atoms with Gasteiger partial charge in [-0.3, -0.25) is 0 Å². The van der Waals surface area contributed by atoms with Gasteiger partial charge in [0.05, 0.1) is 11.1 Å². The molecular weight excluding hydrogens is 319 g/mol. The predicted octanol–water partition coefficient (Wildman–Crippen LogP) is 3.45. The Morgan fingerprint density at radius 3 is 2.91 bits per heavy atom. The van der Waals surface area contributed by atoms with E-state index in [1.807, 2.05) is 25.1 Å². The van der Waals surface area contributed by atoms with Crippen molar-refractivity contribution in [3.8, 4) is 5.75 Å². The van der Waals surface area contributed by atoms with Crippen LogP contribution in [0.1, 0.15) is 6.92 Å². The minimum atomic E-state index is 0.707. The summed E-state index contributed by atoms with van der Waals surface area (Å²) in [5.41, 5.74) is 0. The Kier molecular flexibility index (Phi) is 3.65. The molecule has 0 amide bonds. The van der Waals surface area contributed by atoms with Crippen molar-refractivity contribution in [3.63, 3.8) is 0 Å². The molecule has 0 spiro atoms. The highest BCUT2D eigenvalue weighted by atomic mass is 127. The van der Waals surface area contributed by atoms with Crippen LogP contribution >= 0.6 is 38.5 Å². The minimum absolute atomic E-state index is 0.707. The van der Waals surface area contributed by atoms with Crippen LogP contribution in [0.4, 0.5) is 0 Å².